The van der Waals surface area contributed by atoms with E-state index in [4.69, 9.17) is 0 Å². The summed E-state index contributed by atoms with van der Waals surface area (Å²) in [4.78, 5) is 17.0. The van der Waals surface area contributed by atoms with Crippen LogP contribution in [0.3, 0.4) is 0 Å². The predicted octanol–water partition coefficient (Wildman–Crippen LogP) is 2.26. The third kappa shape index (κ3) is 3.59. The normalized spacial score (nSPS) is 14.1. The van der Waals surface area contributed by atoms with Gasteiger partial charge in [-0.1, -0.05) is 23.3 Å². The average molecular weight is 432 g/mol. The Morgan fingerprint density at radius 3 is 2.31 bits per heavy atom. The van der Waals surface area contributed by atoms with Crippen molar-refractivity contribution in [2.24, 2.45) is 0 Å². The van der Waals surface area contributed by atoms with Gasteiger partial charge in [-0.05, 0) is 53.7 Å². The number of piperazine rings is 1. The van der Waals surface area contributed by atoms with Crippen molar-refractivity contribution in [1.82, 2.24) is 34.9 Å². The summed E-state index contributed by atoms with van der Waals surface area (Å²) in [7, 11) is 0. The lowest BCUT2D eigenvalue weighted by Crippen LogP contribution is -2.49. The first-order valence-corrected chi connectivity index (χ1v) is 10.3. The SMILES string of the molecule is Cc1c(C(=O)N2CCN(c3nnnn3-c3ccccc3)CC2)cnn1-c1ccc(F)cc1. The molecule has 4 aromatic rings. The van der Waals surface area contributed by atoms with E-state index in [0.717, 1.165) is 11.4 Å². The maximum Gasteiger partial charge on any atom is 0.257 e. The first kappa shape index (κ1) is 19.9. The molecule has 3 heterocycles. The van der Waals surface area contributed by atoms with Gasteiger partial charge >= 0.3 is 0 Å². The van der Waals surface area contributed by atoms with Gasteiger partial charge in [-0.2, -0.15) is 9.78 Å². The number of carbonyl (C=O) groups is 1. The van der Waals surface area contributed by atoms with Gasteiger partial charge in [0.2, 0.25) is 5.95 Å². The van der Waals surface area contributed by atoms with E-state index in [2.05, 4.69) is 25.5 Å². The lowest BCUT2D eigenvalue weighted by atomic mass is 10.2. The molecule has 0 radical (unpaired) electrons. The zero-order chi connectivity index (χ0) is 22.1. The molecule has 0 aliphatic carbocycles. The molecule has 162 valence electrons. The number of para-hydroxylation sites is 1. The van der Waals surface area contributed by atoms with E-state index in [1.807, 2.05) is 42.2 Å². The molecule has 0 spiro atoms. The van der Waals surface area contributed by atoms with Gasteiger partial charge in [-0.3, -0.25) is 4.79 Å². The van der Waals surface area contributed by atoms with Crippen molar-refractivity contribution >= 4 is 11.9 Å². The number of nitrogens with zero attached hydrogens (tertiary/aromatic N) is 8. The molecule has 1 fully saturated rings. The van der Waals surface area contributed by atoms with E-state index in [-0.39, 0.29) is 11.7 Å². The molecule has 0 saturated carbocycles. The van der Waals surface area contributed by atoms with Crippen LogP contribution in [0.15, 0.2) is 60.8 Å². The van der Waals surface area contributed by atoms with Gasteiger partial charge < -0.3 is 9.80 Å². The number of hydrogen-bond acceptors (Lipinski definition) is 6. The van der Waals surface area contributed by atoms with Crippen LogP contribution in [0.2, 0.25) is 0 Å². The van der Waals surface area contributed by atoms with E-state index >= 15 is 0 Å². The summed E-state index contributed by atoms with van der Waals surface area (Å²) in [5.41, 5.74) is 2.85. The number of benzene rings is 2. The summed E-state index contributed by atoms with van der Waals surface area (Å²) in [5.74, 6) is 0.271. The zero-order valence-corrected chi connectivity index (χ0v) is 17.5. The van der Waals surface area contributed by atoms with Gasteiger partial charge in [-0.25, -0.2) is 9.07 Å². The average Bonchev–Trinajstić information content (AvgIpc) is 3.47. The van der Waals surface area contributed by atoms with Gasteiger partial charge in [0.05, 0.1) is 28.8 Å². The van der Waals surface area contributed by atoms with Crippen molar-refractivity contribution < 1.29 is 9.18 Å². The standard InChI is InChI=1S/C22H21FN8O/c1-16-20(15-24-30(16)19-9-7-17(23)8-10-19)21(32)28-11-13-29(14-12-28)22-25-26-27-31(22)18-5-3-2-4-6-18/h2-10,15H,11-14H2,1H3. The van der Waals surface area contributed by atoms with E-state index < -0.39 is 0 Å². The Labute approximate surface area is 183 Å². The second-order valence-corrected chi connectivity index (χ2v) is 7.54. The molecule has 1 saturated heterocycles. The van der Waals surface area contributed by atoms with Crippen molar-refractivity contribution in [3.8, 4) is 11.4 Å². The highest BCUT2D eigenvalue weighted by Gasteiger charge is 2.27. The fourth-order valence-corrected chi connectivity index (χ4v) is 3.86. The lowest BCUT2D eigenvalue weighted by molar-refractivity contribution is 0.0745. The van der Waals surface area contributed by atoms with Crippen LogP contribution in [-0.4, -0.2) is 67.0 Å². The van der Waals surface area contributed by atoms with Crippen LogP contribution in [0, 0.1) is 12.7 Å². The minimum atomic E-state index is -0.314. The fourth-order valence-electron chi connectivity index (χ4n) is 3.86. The van der Waals surface area contributed by atoms with Crippen molar-refractivity contribution in [3.63, 3.8) is 0 Å². The summed E-state index contributed by atoms with van der Waals surface area (Å²) < 4.78 is 16.6. The molecular weight excluding hydrogens is 411 g/mol. The monoisotopic (exact) mass is 432 g/mol. The minimum absolute atomic E-state index is 0.0711. The van der Waals surface area contributed by atoms with Gasteiger partial charge in [0.15, 0.2) is 0 Å². The molecule has 0 atom stereocenters. The van der Waals surface area contributed by atoms with Crippen molar-refractivity contribution in [2.75, 3.05) is 31.1 Å². The Kier molecular flexibility index (Phi) is 5.10. The van der Waals surface area contributed by atoms with Crippen LogP contribution < -0.4 is 4.90 Å². The number of rotatable bonds is 4. The van der Waals surface area contributed by atoms with Crippen molar-refractivity contribution in [1.29, 1.82) is 0 Å². The fraction of sp³-hybridized carbons (Fsp3) is 0.227. The van der Waals surface area contributed by atoms with Crippen molar-refractivity contribution in [3.05, 3.63) is 77.9 Å². The van der Waals surface area contributed by atoms with Crippen LogP contribution in [0.1, 0.15) is 16.1 Å². The molecule has 1 aliphatic rings. The highest BCUT2D eigenvalue weighted by Crippen LogP contribution is 2.20. The maximum absolute atomic E-state index is 13.2. The number of carbonyl (C=O) groups excluding carboxylic acids is 1. The predicted molar refractivity (Wildman–Crippen MR) is 116 cm³/mol. The van der Waals surface area contributed by atoms with Crippen molar-refractivity contribution in [2.45, 2.75) is 6.92 Å². The molecule has 32 heavy (non-hydrogen) atoms. The van der Waals surface area contributed by atoms with E-state index in [0.29, 0.717) is 43.4 Å². The summed E-state index contributed by atoms with van der Waals surface area (Å²) in [6.07, 6.45) is 1.57. The Hall–Kier alpha value is -4.08. The van der Waals surface area contributed by atoms with Crippen LogP contribution in [0.5, 0.6) is 0 Å². The molecule has 5 rings (SSSR count). The first-order valence-electron chi connectivity index (χ1n) is 10.3. The molecule has 1 amide bonds. The van der Waals surface area contributed by atoms with Gasteiger partial charge in [0.25, 0.3) is 5.91 Å². The first-order chi connectivity index (χ1) is 15.6. The Morgan fingerprint density at radius 2 is 1.59 bits per heavy atom. The van der Waals surface area contributed by atoms with Crippen LogP contribution in [0.25, 0.3) is 11.4 Å². The molecule has 2 aromatic carbocycles. The number of aromatic nitrogens is 6. The molecule has 10 heteroatoms. The van der Waals surface area contributed by atoms with Crippen LogP contribution >= 0.6 is 0 Å². The smallest absolute Gasteiger partial charge is 0.257 e. The molecular formula is C22H21FN8O. The topological polar surface area (TPSA) is 85.0 Å². The van der Waals surface area contributed by atoms with E-state index in [1.54, 1.807) is 27.7 Å². The van der Waals surface area contributed by atoms with Gasteiger partial charge in [0, 0.05) is 26.2 Å². The number of halogens is 1. The Bertz CT molecular complexity index is 1230. The highest BCUT2D eigenvalue weighted by molar-refractivity contribution is 5.95. The third-order valence-electron chi connectivity index (χ3n) is 5.61. The largest absolute Gasteiger partial charge is 0.336 e. The summed E-state index contributed by atoms with van der Waals surface area (Å²) in [5, 5.41) is 16.5. The zero-order valence-electron chi connectivity index (χ0n) is 17.5. The Morgan fingerprint density at radius 1 is 0.906 bits per heavy atom. The van der Waals surface area contributed by atoms with Crippen LogP contribution in [0.4, 0.5) is 10.3 Å². The quantitative estimate of drug-likeness (QED) is 0.492. The molecule has 9 nitrogen and oxygen atoms in total. The third-order valence-corrected chi connectivity index (χ3v) is 5.61. The van der Waals surface area contributed by atoms with E-state index in [1.165, 1.54) is 12.1 Å². The molecule has 2 aromatic heterocycles. The number of anilines is 1. The maximum atomic E-state index is 13.2. The number of amides is 1. The van der Waals surface area contributed by atoms with Gasteiger partial charge in [0.1, 0.15) is 5.82 Å². The number of hydrogen-bond donors (Lipinski definition) is 0. The Balaban J connectivity index is 1.29. The minimum Gasteiger partial charge on any atom is -0.336 e. The highest BCUT2D eigenvalue weighted by atomic mass is 19.1. The number of tetrazole rings is 1. The molecule has 1 aliphatic heterocycles. The molecule has 0 bridgehead atoms. The summed E-state index contributed by atoms with van der Waals surface area (Å²) in [6.45, 7) is 4.16. The lowest BCUT2D eigenvalue weighted by Gasteiger charge is -2.34. The summed E-state index contributed by atoms with van der Waals surface area (Å²) >= 11 is 0. The van der Waals surface area contributed by atoms with E-state index in [9.17, 15) is 9.18 Å². The molecule has 0 N–H and O–H groups in total. The van der Waals surface area contributed by atoms with Crippen LogP contribution in [-0.2, 0) is 0 Å². The second-order valence-electron chi connectivity index (χ2n) is 7.54. The second kappa shape index (κ2) is 8.22. The summed E-state index contributed by atoms with van der Waals surface area (Å²) in [6, 6.07) is 15.7. The van der Waals surface area contributed by atoms with Gasteiger partial charge in [-0.15, -0.1) is 0 Å². The molecule has 0 unspecified atom stereocenters.